The molecule has 0 atom stereocenters. The summed E-state index contributed by atoms with van der Waals surface area (Å²) in [7, 11) is 0. The summed E-state index contributed by atoms with van der Waals surface area (Å²) in [6.07, 6.45) is 5.48. The van der Waals surface area contributed by atoms with E-state index in [0.717, 1.165) is 44.9 Å². The van der Waals surface area contributed by atoms with Gasteiger partial charge in [-0.25, -0.2) is 0 Å². The second kappa shape index (κ2) is 8.10. The average molecular weight is 385 g/mol. The first kappa shape index (κ1) is 18.0. The third-order valence-corrected chi connectivity index (χ3v) is 5.07. The molecule has 0 unspecified atom stereocenters. The van der Waals surface area contributed by atoms with E-state index in [1.54, 1.807) is 6.20 Å². The van der Waals surface area contributed by atoms with E-state index in [-0.39, 0.29) is 0 Å². The van der Waals surface area contributed by atoms with Gasteiger partial charge in [0.15, 0.2) is 0 Å². The number of hydrogen-bond acceptors (Lipinski definition) is 3. The summed E-state index contributed by atoms with van der Waals surface area (Å²) in [6.45, 7) is 0. The van der Waals surface area contributed by atoms with Crippen LogP contribution in [0.4, 0.5) is 0 Å². The van der Waals surface area contributed by atoms with E-state index in [9.17, 15) is 0 Å². The fraction of sp³-hybridized carbons (Fsp3) is 0. The molecule has 0 bridgehead atoms. The van der Waals surface area contributed by atoms with E-state index in [1.165, 1.54) is 0 Å². The van der Waals surface area contributed by atoms with Crippen LogP contribution in [0.5, 0.6) is 0 Å². The number of aromatic nitrogens is 3. The van der Waals surface area contributed by atoms with Crippen LogP contribution < -0.4 is 0 Å². The normalized spacial score (nSPS) is 10.7. The van der Waals surface area contributed by atoms with Crippen molar-refractivity contribution in [3.05, 3.63) is 116 Å². The number of benzene rings is 2. The Morgan fingerprint density at radius 3 is 1.80 bits per heavy atom. The molecule has 3 heteroatoms. The maximum absolute atomic E-state index is 4.81. The molecule has 0 radical (unpaired) electrons. The third kappa shape index (κ3) is 3.38. The first-order valence-corrected chi connectivity index (χ1v) is 9.88. The molecule has 2 aromatic carbocycles. The quantitative estimate of drug-likeness (QED) is 0.352. The third-order valence-electron chi connectivity index (χ3n) is 5.07. The maximum atomic E-state index is 4.81. The second-order valence-electron chi connectivity index (χ2n) is 6.93. The van der Waals surface area contributed by atoms with Gasteiger partial charge in [-0.2, -0.15) is 0 Å². The number of hydrogen-bond donors (Lipinski definition) is 0. The maximum Gasteiger partial charge on any atom is 0.0986 e. The van der Waals surface area contributed by atoms with E-state index in [4.69, 9.17) is 9.97 Å². The lowest BCUT2D eigenvalue weighted by Gasteiger charge is -2.16. The summed E-state index contributed by atoms with van der Waals surface area (Å²) in [4.78, 5) is 14.1. The van der Waals surface area contributed by atoms with Gasteiger partial charge in [-0.3, -0.25) is 15.0 Å². The monoisotopic (exact) mass is 385 g/mol. The van der Waals surface area contributed by atoms with Crippen LogP contribution in [0, 0.1) is 0 Å². The zero-order valence-corrected chi connectivity index (χ0v) is 16.3. The minimum atomic E-state index is 0.827. The zero-order chi connectivity index (χ0) is 20.2. The summed E-state index contributed by atoms with van der Waals surface area (Å²) >= 11 is 0. The Morgan fingerprint density at radius 2 is 1.07 bits per heavy atom. The van der Waals surface area contributed by atoms with Crippen molar-refractivity contribution in [1.29, 1.82) is 0 Å². The molecule has 5 rings (SSSR count). The first-order chi connectivity index (χ1) is 14.9. The van der Waals surface area contributed by atoms with Crippen LogP contribution in [0.25, 0.3) is 44.9 Å². The molecule has 5 aromatic rings. The van der Waals surface area contributed by atoms with E-state index in [2.05, 4.69) is 65.6 Å². The molecular weight excluding hydrogens is 366 g/mol. The van der Waals surface area contributed by atoms with Crippen molar-refractivity contribution in [1.82, 2.24) is 15.0 Å². The molecule has 0 aliphatic rings. The Labute approximate surface area is 175 Å². The van der Waals surface area contributed by atoms with Crippen LogP contribution in [0.2, 0.25) is 0 Å². The van der Waals surface area contributed by atoms with Crippen LogP contribution in [-0.2, 0) is 0 Å². The first-order valence-electron chi connectivity index (χ1n) is 9.88. The molecule has 0 aliphatic carbocycles. The second-order valence-corrected chi connectivity index (χ2v) is 6.93. The van der Waals surface area contributed by atoms with Crippen molar-refractivity contribution in [3.8, 4) is 44.9 Å². The molecule has 0 N–H and O–H groups in total. The molecule has 0 saturated heterocycles. The number of pyridine rings is 3. The Bertz CT molecular complexity index is 1270. The van der Waals surface area contributed by atoms with Gasteiger partial charge in [-0.1, -0.05) is 66.7 Å². The SMILES string of the molecule is c1ccc(-c2ccnc(-c3ncccc3-c3ccccn3)c2-c2ccccc2)cc1. The predicted molar refractivity (Wildman–Crippen MR) is 122 cm³/mol. The lowest BCUT2D eigenvalue weighted by molar-refractivity contribution is 1.23. The number of rotatable bonds is 4. The Kier molecular flexibility index (Phi) is 4.84. The lowest BCUT2D eigenvalue weighted by atomic mass is 9.91. The van der Waals surface area contributed by atoms with Gasteiger partial charge in [0.05, 0.1) is 17.1 Å². The fourth-order valence-corrected chi connectivity index (χ4v) is 3.72. The van der Waals surface area contributed by atoms with Gasteiger partial charge in [0.25, 0.3) is 0 Å². The molecule has 0 fully saturated rings. The van der Waals surface area contributed by atoms with Crippen molar-refractivity contribution < 1.29 is 0 Å². The smallest absolute Gasteiger partial charge is 0.0986 e. The minimum absolute atomic E-state index is 0.827. The van der Waals surface area contributed by atoms with Crippen molar-refractivity contribution in [2.75, 3.05) is 0 Å². The van der Waals surface area contributed by atoms with Crippen molar-refractivity contribution in [3.63, 3.8) is 0 Å². The van der Waals surface area contributed by atoms with E-state index >= 15 is 0 Å². The van der Waals surface area contributed by atoms with Crippen molar-refractivity contribution >= 4 is 0 Å². The molecular formula is C27H19N3. The van der Waals surface area contributed by atoms with Gasteiger partial charge in [-0.05, 0) is 47.0 Å². The highest BCUT2D eigenvalue weighted by atomic mass is 14.8. The topological polar surface area (TPSA) is 38.7 Å². The lowest BCUT2D eigenvalue weighted by Crippen LogP contribution is -1.97. The molecule has 0 saturated carbocycles. The molecule has 0 spiro atoms. The standard InChI is InChI=1S/C27H19N3/c1-3-10-20(11-4-1)22-16-19-30-27(25(22)21-12-5-2-6-13-21)26-23(14-9-18-29-26)24-15-7-8-17-28-24/h1-19H. The van der Waals surface area contributed by atoms with Gasteiger partial charge < -0.3 is 0 Å². The highest BCUT2D eigenvalue weighted by Gasteiger charge is 2.19. The minimum Gasteiger partial charge on any atom is -0.256 e. The summed E-state index contributed by atoms with van der Waals surface area (Å²) in [5.74, 6) is 0. The molecule has 0 aliphatic heterocycles. The summed E-state index contributed by atoms with van der Waals surface area (Å²) in [5, 5.41) is 0. The molecule has 142 valence electrons. The Morgan fingerprint density at radius 1 is 0.400 bits per heavy atom. The van der Waals surface area contributed by atoms with Crippen LogP contribution in [-0.4, -0.2) is 15.0 Å². The van der Waals surface area contributed by atoms with Crippen LogP contribution >= 0.6 is 0 Å². The molecule has 3 nitrogen and oxygen atoms in total. The summed E-state index contributed by atoms with van der Waals surface area (Å²) in [5.41, 5.74) is 7.98. The van der Waals surface area contributed by atoms with Gasteiger partial charge in [0, 0.05) is 29.7 Å². The van der Waals surface area contributed by atoms with E-state index < -0.39 is 0 Å². The molecule has 3 heterocycles. The molecule has 3 aromatic heterocycles. The molecule has 0 amide bonds. The van der Waals surface area contributed by atoms with Crippen LogP contribution in [0.3, 0.4) is 0 Å². The van der Waals surface area contributed by atoms with E-state index in [1.807, 2.05) is 48.8 Å². The van der Waals surface area contributed by atoms with Crippen LogP contribution in [0.15, 0.2) is 116 Å². The Balaban J connectivity index is 1.81. The van der Waals surface area contributed by atoms with E-state index in [0.29, 0.717) is 0 Å². The average Bonchev–Trinajstić information content (AvgIpc) is 2.85. The van der Waals surface area contributed by atoms with Crippen molar-refractivity contribution in [2.24, 2.45) is 0 Å². The highest BCUT2D eigenvalue weighted by Crippen LogP contribution is 2.40. The van der Waals surface area contributed by atoms with Crippen LogP contribution in [0.1, 0.15) is 0 Å². The number of nitrogens with zero attached hydrogens (tertiary/aromatic N) is 3. The van der Waals surface area contributed by atoms with Gasteiger partial charge in [-0.15, -0.1) is 0 Å². The highest BCUT2D eigenvalue weighted by molar-refractivity contribution is 5.94. The molecule has 30 heavy (non-hydrogen) atoms. The van der Waals surface area contributed by atoms with Crippen molar-refractivity contribution in [2.45, 2.75) is 0 Å². The fourth-order valence-electron chi connectivity index (χ4n) is 3.72. The predicted octanol–water partition coefficient (Wildman–Crippen LogP) is 6.54. The van der Waals surface area contributed by atoms with Gasteiger partial charge >= 0.3 is 0 Å². The summed E-state index contributed by atoms with van der Waals surface area (Å²) in [6, 6.07) is 32.8. The van der Waals surface area contributed by atoms with Gasteiger partial charge in [0.2, 0.25) is 0 Å². The Hall–Kier alpha value is -4.11. The largest absolute Gasteiger partial charge is 0.256 e. The summed E-state index contributed by atoms with van der Waals surface area (Å²) < 4.78 is 0. The zero-order valence-electron chi connectivity index (χ0n) is 16.3. The van der Waals surface area contributed by atoms with Gasteiger partial charge in [0.1, 0.15) is 0 Å².